The normalized spacial score (nSPS) is 20.2. The first kappa shape index (κ1) is 15.5. The molecule has 1 aliphatic rings. The molecule has 1 aliphatic carbocycles. The zero-order valence-corrected chi connectivity index (χ0v) is 12.8. The summed E-state index contributed by atoms with van der Waals surface area (Å²) < 4.78 is 1.91. The minimum absolute atomic E-state index is 0.706. The lowest BCUT2D eigenvalue weighted by atomic mass is 9.98. The smallest absolute Gasteiger partial charge is 0.0692 e. The van der Waals surface area contributed by atoms with Gasteiger partial charge in [-0.15, -0.1) is 5.10 Å². The number of hydrogen-bond acceptors (Lipinski definition) is 3. The van der Waals surface area contributed by atoms with Gasteiger partial charge >= 0.3 is 0 Å². The minimum atomic E-state index is 0.706. The first-order valence-electron chi connectivity index (χ1n) is 8.52. The van der Waals surface area contributed by atoms with Gasteiger partial charge in [-0.25, -0.2) is 0 Å². The third-order valence-corrected chi connectivity index (χ3v) is 4.35. The molecule has 4 nitrogen and oxygen atoms in total. The third kappa shape index (κ3) is 6.51. The van der Waals surface area contributed by atoms with Gasteiger partial charge in [-0.1, -0.05) is 63.0 Å². The zero-order valence-electron chi connectivity index (χ0n) is 12.8. The summed E-state index contributed by atoms with van der Waals surface area (Å²) in [7, 11) is 0. The second-order valence-electron chi connectivity index (χ2n) is 6.08. The lowest BCUT2D eigenvalue weighted by molar-refractivity contribution is 0.392. The van der Waals surface area contributed by atoms with Gasteiger partial charge in [0.25, 0.3) is 0 Å². The van der Waals surface area contributed by atoms with E-state index in [1.165, 1.54) is 70.6 Å². The lowest BCUT2D eigenvalue weighted by Crippen LogP contribution is -2.32. The van der Waals surface area contributed by atoms with Crippen LogP contribution in [-0.2, 0) is 6.54 Å². The summed E-state index contributed by atoms with van der Waals surface area (Å²) >= 11 is 0. The van der Waals surface area contributed by atoms with Crippen molar-refractivity contribution in [3.05, 3.63) is 12.4 Å². The molecule has 0 unspecified atom stereocenters. The number of hydrogen-bond donors (Lipinski definition) is 1. The van der Waals surface area contributed by atoms with Crippen molar-refractivity contribution in [2.45, 2.75) is 83.2 Å². The maximum absolute atomic E-state index is 4.01. The van der Waals surface area contributed by atoms with E-state index in [0.717, 1.165) is 13.1 Å². The van der Waals surface area contributed by atoms with Crippen molar-refractivity contribution < 1.29 is 0 Å². The maximum atomic E-state index is 4.01. The summed E-state index contributed by atoms with van der Waals surface area (Å²) in [6.07, 6.45) is 19.2. The fourth-order valence-corrected chi connectivity index (χ4v) is 3.10. The Labute approximate surface area is 123 Å². The molecule has 1 N–H and O–H groups in total. The van der Waals surface area contributed by atoms with Crippen LogP contribution in [-0.4, -0.2) is 27.6 Å². The van der Waals surface area contributed by atoms with Crippen LogP contribution in [0.1, 0.15) is 70.6 Å². The van der Waals surface area contributed by atoms with Crippen LogP contribution in [0, 0.1) is 0 Å². The van der Waals surface area contributed by atoms with Crippen LogP contribution in [0.4, 0.5) is 0 Å². The highest BCUT2D eigenvalue weighted by atomic mass is 15.4. The summed E-state index contributed by atoms with van der Waals surface area (Å²) in [5.41, 5.74) is 0. The Morgan fingerprint density at radius 1 is 0.900 bits per heavy atom. The van der Waals surface area contributed by atoms with Gasteiger partial charge in [0, 0.05) is 18.8 Å². The molecular formula is C16H30N4. The molecule has 0 bridgehead atoms. The molecule has 1 aromatic heterocycles. The van der Waals surface area contributed by atoms with E-state index >= 15 is 0 Å². The van der Waals surface area contributed by atoms with E-state index in [1.807, 2.05) is 10.9 Å². The lowest BCUT2D eigenvalue weighted by Gasteiger charge is -2.19. The van der Waals surface area contributed by atoms with Gasteiger partial charge in [0.15, 0.2) is 0 Å². The quantitative estimate of drug-likeness (QED) is 0.916. The summed E-state index contributed by atoms with van der Waals surface area (Å²) in [4.78, 5) is 0. The zero-order chi connectivity index (χ0) is 13.9. The van der Waals surface area contributed by atoms with Crippen LogP contribution in [0.25, 0.3) is 0 Å². The van der Waals surface area contributed by atoms with Crippen LogP contribution in [0.15, 0.2) is 12.4 Å². The Balaban J connectivity index is 1.65. The second kappa shape index (κ2) is 9.92. The summed E-state index contributed by atoms with van der Waals surface area (Å²) in [5, 5.41) is 11.6. The Kier molecular flexibility index (Phi) is 7.68. The average molecular weight is 278 g/mol. The largest absolute Gasteiger partial charge is 0.312 e. The van der Waals surface area contributed by atoms with Crippen molar-refractivity contribution in [3.8, 4) is 0 Å². The molecule has 1 aromatic rings. The molecule has 0 atom stereocenters. The van der Waals surface area contributed by atoms with Gasteiger partial charge in [0.05, 0.1) is 12.7 Å². The highest BCUT2D eigenvalue weighted by Gasteiger charge is 2.08. The maximum Gasteiger partial charge on any atom is 0.0692 e. The van der Waals surface area contributed by atoms with Crippen LogP contribution in [0.2, 0.25) is 0 Å². The SMILES string of the molecule is c1cn(CCNC2CCCCCCCCCCC2)nn1. The standard InChI is InChI=1S/C16H30N4/c1-2-4-6-8-10-16(11-9-7-5-3-1)17-12-14-20-15-13-18-19-20/h13,15-17H,1-12,14H2. The highest BCUT2D eigenvalue weighted by molar-refractivity contribution is 4.70. The van der Waals surface area contributed by atoms with Gasteiger partial charge in [0.1, 0.15) is 0 Å². The van der Waals surface area contributed by atoms with Crippen molar-refractivity contribution in [1.82, 2.24) is 20.3 Å². The minimum Gasteiger partial charge on any atom is -0.312 e. The summed E-state index contributed by atoms with van der Waals surface area (Å²) in [6, 6.07) is 0.706. The molecule has 0 amide bonds. The Morgan fingerprint density at radius 2 is 1.50 bits per heavy atom. The first-order valence-corrected chi connectivity index (χ1v) is 8.52. The average Bonchev–Trinajstić information content (AvgIpc) is 2.94. The fourth-order valence-electron chi connectivity index (χ4n) is 3.10. The second-order valence-corrected chi connectivity index (χ2v) is 6.08. The Morgan fingerprint density at radius 3 is 2.05 bits per heavy atom. The van der Waals surface area contributed by atoms with Crippen LogP contribution in [0.3, 0.4) is 0 Å². The molecule has 4 heteroatoms. The van der Waals surface area contributed by atoms with E-state index in [-0.39, 0.29) is 0 Å². The van der Waals surface area contributed by atoms with Crippen molar-refractivity contribution >= 4 is 0 Å². The van der Waals surface area contributed by atoms with Crippen LogP contribution >= 0.6 is 0 Å². The number of nitrogens with one attached hydrogen (secondary N) is 1. The van der Waals surface area contributed by atoms with Gasteiger partial charge < -0.3 is 5.32 Å². The molecule has 0 saturated heterocycles. The predicted octanol–water partition coefficient (Wildman–Crippen LogP) is 3.54. The molecular weight excluding hydrogens is 248 g/mol. The van der Waals surface area contributed by atoms with Gasteiger partial charge in [-0.05, 0) is 12.8 Å². The highest BCUT2D eigenvalue weighted by Crippen LogP contribution is 2.16. The molecule has 0 aromatic carbocycles. The fraction of sp³-hybridized carbons (Fsp3) is 0.875. The molecule has 2 rings (SSSR count). The number of rotatable bonds is 4. The van der Waals surface area contributed by atoms with Crippen LogP contribution < -0.4 is 5.32 Å². The van der Waals surface area contributed by atoms with E-state index in [0.29, 0.717) is 6.04 Å². The van der Waals surface area contributed by atoms with Gasteiger partial charge in [-0.3, -0.25) is 4.68 Å². The topological polar surface area (TPSA) is 42.7 Å². The van der Waals surface area contributed by atoms with Gasteiger partial charge in [0.2, 0.25) is 0 Å². The van der Waals surface area contributed by atoms with E-state index in [1.54, 1.807) is 6.20 Å². The van der Waals surface area contributed by atoms with E-state index in [2.05, 4.69) is 15.6 Å². The van der Waals surface area contributed by atoms with Crippen molar-refractivity contribution in [2.75, 3.05) is 6.54 Å². The molecule has 0 aliphatic heterocycles. The van der Waals surface area contributed by atoms with Crippen molar-refractivity contribution in [2.24, 2.45) is 0 Å². The number of aromatic nitrogens is 3. The van der Waals surface area contributed by atoms with E-state index < -0.39 is 0 Å². The van der Waals surface area contributed by atoms with Crippen molar-refractivity contribution in [3.63, 3.8) is 0 Å². The monoisotopic (exact) mass is 278 g/mol. The number of nitrogens with zero attached hydrogens (tertiary/aromatic N) is 3. The van der Waals surface area contributed by atoms with Crippen molar-refractivity contribution in [1.29, 1.82) is 0 Å². The Bertz CT molecular complexity index is 311. The van der Waals surface area contributed by atoms with Crippen LogP contribution in [0.5, 0.6) is 0 Å². The molecule has 0 radical (unpaired) electrons. The molecule has 20 heavy (non-hydrogen) atoms. The van der Waals surface area contributed by atoms with E-state index in [9.17, 15) is 0 Å². The molecule has 1 fully saturated rings. The third-order valence-electron chi connectivity index (χ3n) is 4.35. The molecule has 1 saturated carbocycles. The molecule has 1 heterocycles. The summed E-state index contributed by atoms with van der Waals surface area (Å²) in [6.45, 7) is 1.94. The molecule has 114 valence electrons. The Hall–Kier alpha value is -0.900. The predicted molar refractivity (Wildman–Crippen MR) is 82.6 cm³/mol. The molecule has 0 spiro atoms. The first-order chi connectivity index (χ1) is 9.95. The van der Waals surface area contributed by atoms with E-state index in [4.69, 9.17) is 0 Å². The summed E-state index contributed by atoms with van der Waals surface area (Å²) in [5.74, 6) is 0. The van der Waals surface area contributed by atoms with Gasteiger partial charge in [-0.2, -0.15) is 0 Å².